The number of rotatable bonds is 9. The highest BCUT2D eigenvalue weighted by Crippen LogP contribution is 2.39. The highest BCUT2D eigenvalue weighted by atomic mass is 16.5. The molecule has 1 aliphatic heterocycles. The minimum atomic E-state index is -0.507. The largest absolute Gasteiger partial charge is 0.491 e. The third kappa shape index (κ3) is 4.85. The third-order valence-corrected chi connectivity index (χ3v) is 6.90. The standard InChI is InChI=1S/C29H36N2O4/c1-7-30(8-2)13-10-14-31-26(21-11-9-12-22(17-21)34-18(3)4)25-27(32)23-15-19(5)20(6)16-24(23)35-28(25)29(31)33/h9,11-12,15-18,26H,7-8,10,13-14H2,1-6H3. The summed E-state index contributed by atoms with van der Waals surface area (Å²) in [7, 11) is 0. The number of carbonyl (C=O) groups is 1. The molecular formula is C29H36N2O4. The van der Waals surface area contributed by atoms with Gasteiger partial charge in [-0.15, -0.1) is 0 Å². The first-order chi connectivity index (χ1) is 16.7. The smallest absolute Gasteiger partial charge is 0.290 e. The zero-order valence-corrected chi connectivity index (χ0v) is 21.7. The molecule has 1 aromatic heterocycles. The molecule has 4 rings (SSSR count). The molecule has 0 aliphatic carbocycles. The molecule has 0 saturated carbocycles. The fourth-order valence-electron chi connectivity index (χ4n) is 4.89. The van der Waals surface area contributed by atoms with Crippen molar-refractivity contribution in [2.24, 2.45) is 0 Å². The van der Waals surface area contributed by atoms with E-state index < -0.39 is 6.04 Å². The van der Waals surface area contributed by atoms with Crippen molar-refractivity contribution in [1.29, 1.82) is 0 Å². The molecule has 1 atom stereocenters. The van der Waals surface area contributed by atoms with Gasteiger partial charge in [0.15, 0.2) is 5.43 Å². The van der Waals surface area contributed by atoms with Gasteiger partial charge >= 0.3 is 0 Å². The maximum atomic E-state index is 13.8. The van der Waals surface area contributed by atoms with Gasteiger partial charge in [-0.25, -0.2) is 0 Å². The molecule has 2 heterocycles. The first-order valence-electron chi connectivity index (χ1n) is 12.6. The zero-order chi connectivity index (χ0) is 25.3. The van der Waals surface area contributed by atoms with E-state index >= 15 is 0 Å². The number of aryl methyl sites for hydroxylation is 2. The van der Waals surface area contributed by atoms with Gasteiger partial charge < -0.3 is 19.0 Å². The molecule has 2 aromatic carbocycles. The van der Waals surface area contributed by atoms with E-state index in [0.29, 0.717) is 23.1 Å². The monoisotopic (exact) mass is 476 g/mol. The van der Waals surface area contributed by atoms with Gasteiger partial charge in [-0.1, -0.05) is 26.0 Å². The second-order valence-corrected chi connectivity index (χ2v) is 9.63. The summed E-state index contributed by atoms with van der Waals surface area (Å²) in [6.45, 7) is 15.5. The van der Waals surface area contributed by atoms with Gasteiger partial charge in [0.1, 0.15) is 11.3 Å². The van der Waals surface area contributed by atoms with Crippen molar-refractivity contribution in [1.82, 2.24) is 9.80 Å². The first-order valence-corrected chi connectivity index (χ1v) is 12.6. The Morgan fingerprint density at radius 1 is 1.06 bits per heavy atom. The van der Waals surface area contributed by atoms with E-state index in [1.165, 1.54) is 0 Å². The van der Waals surface area contributed by atoms with Crippen LogP contribution in [0.5, 0.6) is 5.75 Å². The van der Waals surface area contributed by atoms with Gasteiger partial charge in [0.25, 0.3) is 5.91 Å². The second-order valence-electron chi connectivity index (χ2n) is 9.63. The van der Waals surface area contributed by atoms with Crippen molar-refractivity contribution in [3.63, 3.8) is 0 Å². The van der Waals surface area contributed by atoms with E-state index in [4.69, 9.17) is 9.15 Å². The average Bonchev–Trinajstić information content (AvgIpc) is 3.10. The Bertz CT molecular complexity index is 1290. The Hall–Kier alpha value is -3.12. The molecule has 0 bridgehead atoms. The lowest BCUT2D eigenvalue weighted by Crippen LogP contribution is -2.33. The molecule has 186 valence electrons. The van der Waals surface area contributed by atoms with Crippen LogP contribution in [0.3, 0.4) is 0 Å². The number of fused-ring (bicyclic) bond motifs is 2. The minimum absolute atomic E-state index is 0.0214. The van der Waals surface area contributed by atoms with E-state index in [2.05, 4.69) is 18.7 Å². The molecular weight excluding hydrogens is 440 g/mol. The van der Waals surface area contributed by atoms with Crippen LogP contribution in [0.1, 0.15) is 73.0 Å². The van der Waals surface area contributed by atoms with Crippen LogP contribution in [0.25, 0.3) is 11.0 Å². The molecule has 6 heteroatoms. The predicted octanol–water partition coefficient (Wildman–Crippen LogP) is 5.47. The van der Waals surface area contributed by atoms with E-state index in [1.54, 1.807) is 4.90 Å². The van der Waals surface area contributed by atoms with Crippen LogP contribution in [0, 0.1) is 13.8 Å². The van der Waals surface area contributed by atoms with E-state index in [0.717, 1.165) is 48.5 Å². The fourth-order valence-corrected chi connectivity index (χ4v) is 4.89. The fraction of sp³-hybridized carbons (Fsp3) is 0.448. The van der Waals surface area contributed by atoms with Crippen molar-refractivity contribution in [3.05, 3.63) is 74.6 Å². The van der Waals surface area contributed by atoms with Gasteiger partial charge in [-0.2, -0.15) is 0 Å². The van der Waals surface area contributed by atoms with Crippen molar-refractivity contribution < 1.29 is 13.9 Å². The quantitative estimate of drug-likeness (QED) is 0.410. The summed E-state index contributed by atoms with van der Waals surface area (Å²) in [4.78, 5) is 31.6. The highest BCUT2D eigenvalue weighted by Gasteiger charge is 2.42. The molecule has 1 amide bonds. The van der Waals surface area contributed by atoms with E-state index in [1.807, 2.05) is 64.1 Å². The van der Waals surface area contributed by atoms with Crippen LogP contribution < -0.4 is 10.2 Å². The van der Waals surface area contributed by atoms with Crippen LogP contribution in [0.2, 0.25) is 0 Å². The first kappa shape index (κ1) is 25.0. The molecule has 0 N–H and O–H groups in total. The number of benzene rings is 2. The summed E-state index contributed by atoms with van der Waals surface area (Å²) < 4.78 is 12.1. The lowest BCUT2D eigenvalue weighted by Gasteiger charge is -2.27. The SMILES string of the molecule is CCN(CC)CCCN1C(=O)c2oc3cc(C)c(C)cc3c(=O)c2C1c1cccc(OC(C)C)c1. The van der Waals surface area contributed by atoms with Crippen LogP contribution in [-0.2, 0) is 0 Å². The van der Waals surface area contributed by atoms with Gasteiger partial charge in [0.2, 0.25) is 5.76 Å². The second kappa shape index (κ2) is 10.2. The van der Waals surface area contributed by atoms with Crippen LogP contribution in [-0.4, -0.2) is 48.0 Å². The molecule has 0 fully saturated rings. The Balaban J connectivity index is 1.83. The van der Waals surface area contributed by atoms with Gasteiger partial charge in [-0.05, 0) is 94.7 Å². The van der Waals surface area contributed by atoms with E-state index in [9.17, 15) is 9.59 Å². The van der Waals surface area contributed by atoms with Crippen molar-refractivity contribution >= 4 is 16.9 Å². The van der Waals surface area contributed by atoms with Crippen molar-refractivity contribution in [2.45, 2.75) is 60.1 Å². The van der Waals surface area contributed by atoms with E-state index in [-0.39, 0.29) is 23.2 Å². The number of nitrogens with zero attached hydrogens (tertiary/aromatic N) is 2. The highest BCUT2D eigenvalue weighted by molar-refractivity contribution is 5.99. The van der Waals surface area contributed by atoms with Crippen LogP contribution >= 0.6 is 0 Å². The lowest BCUT2D eigenvalue weighted by atomic mass is 9.97. The van der Waals surface area contributed by atoms with Gasteiger partial charge in [0.05, 0.1) is 23.1 Å². The number of hydrogen-bond acceptors (Lipinski definition) is 5. The molecule has 0 radical (unpaired) electrons. The summed E-state index contributed by atoms with van der Waals surface area (Å²) >= 11 is 0. The molecule has 3 aromatic rings. The topological polar surface area (TPSA) is 63.0 Å². The number of hydrogen-bond donors (Lipinski definition) is 0. The molecule has 0 spiro atoms. The summed E-state index contributed by atoms with van der Waals surface area (Å²) in [5, 5.41) is 0.518. The molecule has 1 aliphatic rings. The van der Waals surface area contributed by atoms with Crippen LogP contribution in [0.4, 0.5) is 0 Å². The Morgan fingerprint density at radius 2 is 1.77 bits per heavy atom. The van der Waals surface area contributed by atoms with Gasteiger partial charge in [0, 0.05) is 6.54 Å². The normalized spacial score (nSPS) is 15.5. The maximum absolute atomic E-state index is 13.8. The zero-order valence-electron chi connectivity index (χ0n) is 21.7. The summed E-state index contributed by atoms with van der Waals surface area (Å²) in [5.41, 5.74) is 3.66. The average molecular weight is 477 g/mol. The van der Waals surface area contributed by atoms with Crippen molar-refractivity contribution in [2.75, 3.05) is 26.2 Å². The number of carbonyl (C=O) groups excluding carboxylic acids is 1. The van der Waals surface area contributed by atoms with Crippen molar-refractivity contribution in [3.8, 4) is 5.75 Å². The lowest BCUT2D eigenvalue weighted by molar-refractivity contribution is 0.0719. The summed E-state index contributed by atoms with van der Waals surface area (Å²) in [6.07, 6.45) is 0.833. The van der Waals surface area contributed by atoms with Crippen LogP contribution in [0.15, 0.2) is 45.6 Å². The Kier molecular flexibility index (Phi) is 7.31. The maximum Gasteiger partial charge on any atom is 0.290 e. The molecule has 1 unspecified atom stereocenters. The Morgan fingerprint density at radius 3 is 2.46 bits per heavy atom. The molecule has 35 heavy (non-hydrogen) atoms. The Labute approximate surface area is 207 Å². The summed E-state index contributed by atoms with van der Waals surface area (Å²) in [5.74, 6) is 0.656. The third-order valence-electron chi connectivity index (χ3n) is 6.90. The molecule has 6 nitrogen and oxygen atoms in total. The number of ether oxygens (including phenoxy) is 1. The predicted molar refractivity (Wildman–Crippen MR) is 139 cm³/mol. The molecule has 0 saturated heterocycles. The minimum Gasteiger partial charge on any atom is -0.491 e. The van der Waals surface area contributed by atoms with Gasteiger partial charge in [-0.3, -0.25) is 9.59 Å². The summed E-state index contributed by atoms with van der Waals surface area (Å²) in [6, 6.07) is 10.9. The number of amides is 1.